The number of carbonyl (C=O) groups is 2. The third-order valence-corrected chi connectivity index (χ3v) is 4.72. The molecule has 1 aliphatic rings. The number of esters is 1. The third-order valence-electron chi connectivity index (χ3n) is 4.39. The zero-order valence-corrected chi connectivity index (χ0v) is 16.0. The zero-order valence-electron chi connectivity index (χ0n) is 15.2. The summed E-state index contributed by atoms with van der Waals surface area (Å²) in [4.78, 5) is 25.1. The Morgan fingerprint density at radius 1 is 1.10 bits per heavy atom. The Hall–Kier alpha value is -3.44. The van der Waals surface area contributed by atoms with Gasteiger partial charge in [-0.05, 0) is 54.5 Å². The molecule has 0 aliphatic carbocycles. The van der Waals surface area contributed by atoms with Crippen molar-refractivity contribution in [1.82, 2.24) is 0 Å². The standard InChI is InChI=1S/C23H14ClFO4/c1-13-9-16(28-23(27)17-7-2-3-8-18(17)24)12-19-21(13)22(26)20(29-19)11-14-5-4-6-15(25)10-14/h2-12H,1H3/b20-11-. The van der Waals surface area contributed by atoms with Gasteiger partial charge in [0, 0.05) is 6.07 Å². The summed E-state index contributed by atoms with van der Waals surface area (Å²) in [6, 6.07) is 15.4. The summed E-state index contributed by atoms with van der Waals surface area (Å²) in [6.45, 7) is 1.72. The van der Waals surface area contributed by atoms with Crippen LogP contribution in [0.25, 0.3) is 6.08 Å². The fraction of sp³-hybridized carbons (Fsp3) is 0.0435. The maximum Gasteiger partial charge on any atom is 0.345 e. The number of rotatable bonds is 3. The molecule has 0 fully saturated rings. The van der Waals surface area contributed by atoms with E-state index in [1.165, 1.54) is 24.3 Å². The van der Waals surface area contributed by atoms with Crippen LogP contribution in [0.15, 0.2) is 66.4 Å². The Labute approximate surface area is 171 Å². The van der Waals surface area contributed by atoms with Gasteiger partial charge in [0.2, 0.25) is 5.78 Å². The minimum atomic E-state index is -0.616. The maximum absolute atomic E-state index is 13.4. The van der Waals surface area contributed by atoms with Crippen molar-refractivity contribution in [1.29, 1.82) is 0 Å². The second kappa shape index (κ2) is 7.53. The summed E-state index contributed by atoms with van der Waals surface area (Å²) >= 11 is 6.03. The molecule has 29 heavy (non-hydrogen) atoms. The van der Waals surface area contributed by atoms with Crippen LogP contribution < -0.4 is 9.47 Å². The summed E-state index contributed by atoms with van der Waals surface area (Å²) in [6.07, 6.45) is 1.47. The third kappa shape index (κ3) is 3.77. The highest BCUT2D eigenvalue weighted by atomic mass is 35.5. The molecule has 3 aromatic carbocycles. The van der Waals surface area contributed by atoms with Gasteiger partial charge < -0.3 is 9.47 Å². The average molecular weight is 409 g/mol. The van der Waals surface area contributed by atoms with Gasteiger partial charge in [-0.25, -0.2) is 9.18 Å². The van der Waals surface area contributed by atoms with Crippen molar-refractivity contribution < 1.29 is 23.5 Å². The maximum atomic E-state index is 13.4. The molecule has 0 spiro atoms. The number of benzene rings is 3. The molecule has 0 atom stereocenters. The van der Waals surface area contributed by atoms with Gasteiger partial charge in [-0.15, -0.1) is 0 Å². The molecular weight excluding hydrogens is 395 g/mol. The van der Waals surface area contributed by atoms with E-state index in [1.807, 2.05) is 0 Å². The zero-order chi connectivity index (χ0) is 20.5. The fourth-order valence-corrected chi connectivity index (χ4v) is 3.29. The predicted molar refractivity (Wildman–Crippen MR) is 107 cm³/mol. The van der Waals surface area contributed by atoms with E-state index in [-0.39, 0.29) is 33.6 Å². The molecule has 4 rings (SSSR count). The smallest absolute Gasteiger partial charge is 0.345 e. The molecule has 0 amide bonds. The van der Waals surface area contributed by atoms with E-state index in [1.54, 1.807) is 49.4 Å². The van der Waals surface area contributed by atoms with Gasteiger partial charge >= 0.3 is 5.97 Å². The summed E-state index contributed by atoms with van der Waals surface area (Å²) in [5, 5.41) is 0.280. The summed E-state index contributed by atoms with van der Waals surface area (Å²) < 4.78 is 24.5. The Morgan fingerprint density at radius 3 is 2.66 bits per heavy atom. The number of ether oxygens (including phenoxy) is 2. The molecule has 1 heterocycles. The second-order valence-corrected chi connectivity index (χ2v) is 6.88. The lowest BCUT2D eigenvalue weighted by molar-refractivity contribution is 0.0734. The van der Waals surface area contributed by atoms with Gasteiger partial charge in [-0.2, -0.15) is 0 Å². The molecule has 4 nitrogen and oxygen atoms in total. The molecule has 0 saturated carbocycles. The molecule has 0 saturated heterocycles. The van der Waals surface area contributed by atoms with Crippen molar-refractivity contribution in [2.24, 2.45) is 0 Å². The second-order valence-electron chi connectivity index (χ2n) is 6.48. The van der Waals surface area contributed by atoms with E-state index in [0.717, 1.165) is 0 Å². The lowest BCUT2D eigenvalue weighted by Gasteiger charge is -2.08. The van der Waals surface area contributed by atoms with Crippen LogP contribution in [-0.4, -0.2) is 11.8 Å². The number of fused-ring (bicyclic) bond motifs is 1. The SMILES string of the molecule is Cc1cc(OC(=O)c2ccccc2Cl)cc2c1C(=O)/C(=C/c1cccc(F)c1)O2. The van der Waals surface area contributed by atoms with Crippen LogP contribution in [0.5, 0.6) is 11.5 Å². The van der Waals surface area contributed by atoms with Crippen LogP contribution in [0.4, 0.5) is 4.39 Å². The van der Waals surface area contributed by atoms with E-state index in [2.05, 4.69) is 0 Å². The van der Waals surface area contributed by atoms with Crippen molar-refractivity contribution >= 4 is 29.4 Å². The van der Waals surface area contributed by atoms with Crippen LogP contribution in [-0.2, 0) is 0 Å². The lowest BCUT2D eigenvalue weighted by Crippen LogP contribution is -2.09. The molecule has 0 N–H and O–H groups in total. The van der Waals surface area contributed by atoms with Crippen LogP contribution in [0.3, 0.4) is 0 Å². The van der Waals surface area contributed by atoms with E-state index in [0.29, 0.717) is 16.7 Å². The Morgan fingerprint density at radius 2 is 1.90 bits per heavy atom. The summed E-state index contributed by atoms with van der Waals surface area (Å²) in [5.41, 5.74) is 1.71. The van der Waals surface area contributed by atoms with Gasteiger partial charge in [0.05, 0.1) is 16.1 Å². The Bertz CT molecular complexity index is 1180. The highest BCUT2D eigenvalue weighted by Gasteiger charge is 2.30. The predicted octanol–water partition coefficient (Wildman–Crippen LogP) is 5.62. The van der Waals surface area contributed by atoms with E-state index in [9.17, 15) is 14.0 Å². The van der Waals surface area contributed by atoms with Gasteiger partial charge in [-0.3, -0.25) is 4.79 Å². The summed E-state index contributed by atoms with van der Waals surface area (Å²) in [5.74, 6) is -0.762. The van der Waals surface area contributed by atoms with Crippen molar-refractivity contribution in [2.45, 2.75) is 6.92 Å². The molecule has 6 heteroatoms. The molecule has 1 aliphatic heterocycles. The first-order valence-electron chi connectivity index (χ1n) is 8.73. The van der Waals surface area contributed by atoms with Gasteiger partial charge in [0.15, 0.2) is 5.76 Å². The minimum absolute atomic E-state index is 0.0725. The number of ketones is 1. The largest absolute Gasteiger partial charge is 0.452 e. The molecule has 0 bridgehead atoms. The summed E-state index contributed by atoms with van der Waals surface area (Å²) in [7, 11) is 0. The number of aryl methyl sites for hydroxylation is 1. The van der Waals surface area contributed by atoms with Gasteiger partial charge in [0.25, 0.3) is 0 Å². The first-order chi connectivity index (χ1) is 13.9. The van der Waals surface area contributed by atoms with E-state index in [4.69, 9.17) is 21.1 Å². The normalized spacial score (nSPS) is 13.9. The molecule has 0 radical (unpaired) electrons. The first-order valence-corrected chi connectivity index (χ1v) is 9.11. The number of hydrogen-bond donors (Lipinski definition) is 0. The Balaban J connectivity index is 1.63. The Kier molecular flexibility index (Phi) is 4.91. The van der Waals surface area contributed by atoms with E-state index >= 15 is 0 Å². The molecule has 144 valence electrons. The van der Waals surface area contributed by atoms with Gasteiger partial charge in [-0.1, -0.05) is 35.9 Å². The van der Waals surface area contributed by atoms with Crippen molar-refractivity contribution in [3.63, 3.8) is 0 Å². The van der Waals surface area contributed by atoms with Crippen molar-refractivity contribution in [3.05, 3.63) is 99.5 Å². The molecule has 0 unspecified atom stereocenters. The number of Topliss-reactive ketones (excluding diaryl/α,β-unsaturated/α-hetero) is 1. The molecule has 3 aromatic rings. The highest BCUT2D eigenvalue weighted by molar-refractivity contribution is 6.33. The number of allylic oxidation sites excluding steroid dienone is 1. The van der Waals surface area contributed by atoms with E-state index < -0.39 is 11.8 Å². The number of halogens is 2. The fourth-order valence-electron chi connectivity index (χ4n) is 3.07. The number of carbonyl (C=O) groups excluding carboxylic acids is 2. The number of hydrogen-bond acceptors (Lipinski definition) is 4. The van der Waals surface area contributed by atoms with Gasteiger partial charge in [0.1, 0.15) is 17.3 Å². The van der Waals surface area contributed by atoms with Crippen molar-refractivity contribution in [3.8, 4) is 11.5 Å². The monoisotopic (exact) mass is 408 g/mol. The van der Waals surface area contributed by atoms with Crippen molar-refractivity contribution in [2.75, 3.05) is 0 Å². The first kappa shape index (κ1) is 18.9. The van der Waals surface area contributed by atoms with Crippen LogP contribution in [0, 0.1) is 12.7 Å². The minimum Gasteiger partial charge on any atom is -0.452 e. The topological polar surface area (TPSA) is 52.6 Å². The quantitative estimate of drug-likeness (QED) is 0.320. The average Bonchev–Trinajstić information content (AvgIpc) is 2.97. The van der Waals surface area contributed by atoms with Crippen LogP contribution in [0.2, 0.25) is 5.02 Å². The van der Waals surface area contributed by atoms with Crippen LogP contribution in [0.1, 0.15) is 31.8 Å². The highest BCUT2D eigenvalue weighted by Crippen LogP contribution is 2.37. The molecular formula is C23H14ClFO4. The van der Waals surface area contributed by atoms with Crippen LogP contribution >= 0.6 is 11.6 Å². The molecule has 0 aromatic heterocycles. The lowest BCUT2D eigenvalue weighted by atomic mass is 10.0.